The Morgan fingerprint density at radius 1 is 1.06 bits per heavy atom. The van der Waals surface area contributed by atoms with Gasteiger partial charge in [-0.1, -0.05) is 23.7 Å². The van der Waals surface area contributed by atoms with E-state index in [1.165, 1.54) is 12.8 Å². The molecule has 2 fully saturated rings. The molecule has 1 atom stereocenters. The summed E-state index contributed by atoms with van der Waals surface area (Å²) in [4.78, 5) is 22.7. The van der Waals surface area contributed by atoms with Crippen molar-refractivity contribution in [2.45, 2.75) is 52.0 Å². The van der Waals surface area contributed by atoms with Crippen molar-refractivity contribution in [3.8, 4) is 0 Å². The second-order valence-corrected chi connectivity index (χ2v) is 9.14. The third-order valence-corrected chi connectivity index (χ3v) is 7.06. The Kier molecular flexibility index (Phi) is 5.34. The van der Waals surface area contributed by atoms with Gasteiger partial charge in [-0.2, -0.15) is 5.10 Å². The van der Waals surface area contributed by atoms with Crippen LogP contribution in [-0.4, -0.2) is 45.0 Å². The molecule has 2 aliphatic heterocycles. The monoisotopic (exact) mass is 437 g/mol. The molecule has 162 valence electrons. The molecule has 0 bridgehead atoms. The second kappa shape index (κ2) is 8.15. The lowest BCUT2D eigenvalue weighted by Gasteiger charge is -2.35. The Balaban J connectivity index is 1.49. The molecule has 31 heavy (non-hydrogen) atoms. The lowest BCUT2D eigenvalue weighted by Crippen LogP contribution is -2.38. The highest BCUT2D eigenvalue weighted by atomic mass is 35.5. The van der Waals surface area contributed by atoms with E-state index in [2.05, 4.69) is 18.0 Å². The van der Waals surface area contributed by atoms with E-state index in [-0.39, 0.29) is 11.9 Å². The highest BCUT2D eigenvalue weighted by Crippen LogP contribution is 2.34. The molecule has 2 aromatic heterocycles. The van der Waals surface area contributed by atoms with E-state index >= 15 is 0 Å². The van der Waals surface area contributed by atoms with E-state index in [1.807, 2.05) is 40.6 Å². The molecule has 0 spiro atoms. The van der Waals surface area contributed by atoms with Crippen LogP contribution in [-0.2, 0) is 0 Å². The van der Waals surface area contributed by atoms with Gasteiger partial charge in [0.15, 0.2) is 5.65 Å². The number of hydrogen-bond acceptors (Lipinski definition) is 4. The third-order valence-electron chi connectivity index (χ3n) is 6.56. The normalized spacial score (nSPS) is 19.4. The fourth-order valence-electron chi connectivity index (χ4n) is 4.88. The third kappa shape index (κ3) is 3.67. The molecular weight excluding hydrogens is 410 g/mol. The number of benzene rings is 1. The number of rotatable bonds is 3. The molecule has 2 aliphatic rings. The topological polar surface area (TPSA) is 53.7 Å². The van der Waals surface area contributed by atoms with Crippen molar-refractivity contribution in [2.24, 2.45) is 0 Å². The van der Waals surface area contributed by atoms with Gasteiger partial charge in [-0.3, -0.25) is 4.79 Å². The zero-order valence-corrected chi connectivity index (χ0v) is 18.9. The average Bonchev–Trinajstić information content (AvgIpc) is 3.44. The molecule has 1 unspecified atom stereocenters. The molecular formula is C24H28ClN5O. The molecule has 1 amide bonds. The first-order chi connectivity index (χ1) is 15.0. The molecule has 1 aromatic carbocycles. The van der Waals surface area contributed by atoms with Crippen molar-refractivity contribution >= 4 is 29.0 Å². The van der Waals surface area contributed by atoms with Gasteiger partial charge in [-0.25, -0.2) is 9.50 Å². The zero-order chi connectivity index (χ0) is 21.5. The number of fused-ring (bicyclic) bond motifs is 1. The summed E-state index contributed by atoms with van der Waals surface area (Å²) in [6.07, 6.45) is 7.47. The second-order valence-electron chi connectivity index (χ2n) is 8.76. The Hall–Kier alpha value is -2.60. The minimum Gasteiger partial charge on any atom is -0.356 e. The fourth-order valence-corrected chi connectivity index (χ4v) is 5.09. The van der Waals surface area contributed by atoms with Gasteiger partial charge in [0.2, 0.25) is 0 Å². The summed E-state index contributed by atoms with van der Waals surface area (Å²) in [7, 11) is 0. The Morgan fingerprint density at radius 2 is 1.84 bits per heavy atom. The van der Waals surface area contributed by atoms with Gasteiger partial charge < -0.3 is 9.80 Å². The number of aromatic nitrogens is 3. The van der Waals surface area contributed by atoms with Gasteiger partial charge in [0.1, 0.15) is 5.82 Å². The number of anilines is 1. The summed E-state index contributed by atoms with van der Waals surface area (Å²) in [6, 6.07) is 7.63. The van der Waals surface area contributed by atoms with Crippen LogP contribution in [0.5, 0.6) is 0 Å². The van der Waals surface area contributed by atoms with Crippen LogP contribution in [0.3, 0.4) is 0 Å². The highest BCUT2D eigenvalue weighted by molar-refractivity contribution is 6.34. The van der Waals surface area contributed by atoms with E-state index in [0.717, 1.165) is 60.6 Å². The summed E-state index contributed by atoms with van der Waals surface area (Å²) in [5.41, 5.74) is 4.37. The first-order valence-corrected chi connectivity index (χ1v) is 11.6. The number of halogens is 1. The Labute approximate surface area is 187 Å². The van der Waals surface area contributed by atoms with E-state index < -0.39 is 0 Å². The van der Waals surface area contributed by atoms with Crippen molar-refractivity contribution in [3.63, 3.8) is 0 Å². The van der Waals surface area contributed by atoms with Gasteiger partial charge >= 0.3 is 0 Å². The van der Waals surface area contributed by atoms with Crippen molar-refractivity contribution < 1.29 is 4.79 Å². The van der Waals surface area contributed by atoms with Gasteiger partial charge in [-0.15, -0.1) is 0 Å². The van der Waals surface area contributed by atoms with Crippen LogP contribution in [0.15, 0.2) is 30.5 Å². The van der Waals surface area contributed by atoms with Crippen LogP contribution in [0.1, 0.15) is 65.3 Å². The Morgan fingerprint density at radius 3 is 2.65 bits per heavy atom. The van der Waals surface area contributed by atoms with Crippen LogP contribution in [0.4, 0.5) is 5.82 Å². The largest absolute Gasteiger partial charge is 0.356 e. The van der Waals surface area contributed by atoms with Crippen LogP contribution >= 0.6 is 11.6 Å². The number of carbonyl (C=O) groups is 1. The summed E-state index contributed by atoms with van der Waals surface area (Å²) >= 11 is 6.48. The van der Waals surface area contributed by atoms with E-state index in [4.69, 9.17) is 21.7 Å². The van der Waals surface area contributed by atoms with Crippen LogP contribution in [0.2, 0.25) is 5.02 Å². The zero-order valence-electron chi connectivity index (χ0n) is 18.1. The minimum atomic E-state index is -0.0601. The van der Waals surface area contributed by atoms with Crippen molar-refractivity contribution in [1.29, 1.82) is 0 Å². The number of carbonyl (C=O) groups excluding carboxylic acids is 1. The van der Waals surface area contributed by atoms with Gasteiger partial charge in [0.05, 0.1) is 22.3 Å². The maximum absolute atomic E-state index is 13.4. The summed E-state index contributed by atoms with van der Waals surface area (Å²) < 4.78 is 1.86. The van der Waals surface area contributed by atoms with E-state index in [0.29, 0.717) is 17.1 Å². The lowest BCUT2D eigenvalue weighted by molar-refractivity contribution is 0.0606. The quantitative estimate of drug-likeness (QED) is 0.580. The predicted molar refractivity (Wildman–Crippen MR) is 123 cm³/mol. The summed E-state index contributed by atoms with van der Waals surface area (Å²) in [6.45, 7) is 6.87. The highest BCUT2D eigenvalue weighted by Gasteiger charge is 2.32. The number of hydrogen-bond donors (Lipinski definition) is 0. The number of amides is 1. The molecule has 5 rings (SSSR count). The predicted octanol–water partition coefficient (Wildman–Crippen LogP) is 4.97. The summed E-state index contributed by atoms with van der Waals surface area (Å²) in [5.74, 6) is 1.04. The average molecular weight is 438 g/mol. The number of likely N-dealkylation sites (tertiary alicyclic amines) is 1. The van der Waals surface area contributed by atoms with E-state index in [1.54, 1.807) is 0 Å². The van der Waals surface area contributed by atoms with Crippen molar-refractivity contribution in [2.75, 3.05) is 24.5 Å². The Bertz CT molecular complexity index is 1130. The van der Waals surface area contributed by atoms with Gasteiger partial charge in [0.25, 0.3) is 5.91 Å². The van der Waals surface area contributed by atoms with Crippen LogP contribution in [0, 0.1) is 13.8 Å². The van der Waals surface area contributed by atoms with Crippen molar-refractivity contribution in [1.82, 2.24) is 19.5 Å². The molecule has 0 radical (unpaired) electrons. The van der Waals surface area contributed by atoms with Crippen LogP contribution < -0.4 is 4.90 Å². The lowest BCUT2D eigenvalue weighted by atomic mass is 9.98. The molecule has 3 aromatic rings. The number of nitrogens with zero attached hydrogens (tertiary/aromatic N) is 5. The maximum Gasteiger partial charge on any atom is 0.255 e. The van der Waals surface area contributed by atoms with Crippen molar-refractivity contribution in [3.05, 3.63) is 57.9 Å². The SMILES string of the molecule is Cc1cn2nc(C3CCCCN3C(=O)c3cccc(C)c3Cl)cc2nc1N1CCCC1. The molecule has 0 N–H and O–H groups in total. The fraction of sp³-hybridized carbons (Fsp3) is 0.458. The molecule has 0 saturated carbocycles. The van der Waals surface area contributed by atoms with E-state index in [9.17, 15) is 4.79 Å². The molecule has 6 nitrogen and oxygen atoms in total. The smallest absolute Gasteiger partial charge is 0.255 e. The number of piperidine rings is 1. The number of aryl methyl sites for hydroxylation is 2. The molecule has 2 saturated heterocycles. The van der Waals surface area contributed by atoms with Gasteiger partial charge in [0, 0.05) is 37.5 Å². The first kappa shape index (κ1) is 20.3. The van der Waals surface area contributed by atoms with Crippen LogP contribution in [0.25, 0.3) is 5.65 Å². The molecule has 7 heteroatoms. The standard InChI is InChI=1S/C24H28ClN5O/c1-16-8-7-9-18(22(16)25)24(31)29-13-4-3-10-20(29)19-14-21-26-23(28-11-5-6-12-28)17(2)15-30(21)27-19/h7-9,14-15,20H,3-6,10-13H2,1-2H3. The molecule has 0 aliphatic carbocycles. The first-order valence-electron chi connectivity index (χ1n) is 11.2. The van der Waals surface area contributed by atoms with Gasteiger partial charge in [-0.05, 0) is 57.6 Å². The minimum absolute atomic E-state index is 0.0163. The maximum atomic E-state index is 13.4. The molecule has 4 heterocycles. The summed E-state index contributed by atoms with van der Waals surface area (Å²) in [5, 5.41) is 5.38.